The maximum absolute atomic E-state index is 12.1. The van der Waals surface area contributed by atoms with Gasteiger partial charge in [-0.15, -0.1) is 0 Å². The highest BCUT2D eigenvalue weighted by Crippen LogP contribution is 2.28. The summed E-state index contributed by atoms with van der Waals surface area (Å²) in [4.78, 5) is 23.2. The van der Waals surface area contributed by atoms with E-state index >= 15 is 0 Å². The minimum absolute atomic E-state index is 0.291. The summed E-state index contributed by atoms with van der Waals surface area (Å²) in [5, 5.41) is 0. The number of nitrogens with zero attached hydrogens (tertiary/aromatic N) is 1. The minimum Gasteiger partial charge on any atom is -0.456 e. The maximum Gasteiger partial charge on any atom is 0.355 e. The number of hydrogen-bond acceptors (Lipinski definition) is 3. The molecule has 0 fully saturated rings. The Morgan fingerprint density at radius 3 is 2.73 bits per heavy atom. The zero-order chi connectivity index (χ0) is 16.3. The van der Waals surface area contributed by atoms with Gasteiger partial charge < -0.3 is 15.0 Å². The van der Waals surface area contributed by atoms with E-state index in [2.05, 4.69) is 19.6 Å². The number of aromatic nitrogens is 1. The fraction of sp³-hybridized carbons (Fsp3) is 0.412. The Kier molecular flexibility index (Phi) is 4.85. The van der Waals surface area contributed by atoms with Crippen LogP contribution in [-0.4, -0.2) is 23.1 Å². The van der Waals surface area contributed by atoms with E-state index < -0.39 is 11.9 Å². The molecule has 1 heterocycles. The molecule has 0 radical (unpaired) electrons. The van der Waals surface area contributed by atoms with Crippen LogP contribution >= 0.6 is 0 Å². The summed E-state index contributed by atoms with van der Waals surface area (Å²) in [7, 11) is 1.68. The number of rotatable bonds is 5. The third-order valence-electron chi connectivity index (χ3n) is 4.09. The lowest BCUT2D eigenvalue weighted by Crippen LogP contribution is -2.14. The van der Waals surface area contributed by atoms with Gasteiger partial charge in [-0.3, -0.25) is 4.79 Å². The largest absolute Gasteiger partial charge is 0.456 e. The second-order valence-corrected chi connectivity index (χ2v) is 5.85. The predicted octanol–water partition coefficient (Wildman–Crippen LogP) is 2.58. The van der Waals surface area contributed by atoms with Crippen LogP contribution in [0.4, 0.5) is 0 Å². The van der Waals surface area contributed by atoms with Crippen LogP contribution in [0.15, 0.2) is 36.1 Å². The lowest BCUT2D eigenvalue weighted by molar-refractivity contribution is 0.0524. The van der Waals surface area contributed by atoms with Gasteiger partial charge >= 0.3 is 5.97 Å². The summed E-state index contributed by atoms with van der Waals surface area (Å²) in [6.45, 7) is 6.33. The summed E-state index contributed by atoms with van der Waals surface area (Å²) >= 11 is 0. The van der Waals surface area contributed by atoms with Crippen LogP contribution in [0.25, 0.3) is 0 Å². The number of esters is 1. The average molecular weight is 302 g/mol. The standard InChI is InChI=1S/C17H22N2O3/c1-11(2)13-6-4-12(5-7-13)10-22-17(21)15-8-14(16(18)20)9-19(15)3/h4,8-9,13H,1,5-7,10H2,2-3H3,(H2,18,20)/t13-/m0/s1. The van der Waals surface area contributed by atoms with E-state index in [-0.39, 0.29) is 0 Å². The normalized spacial score (nSPS) is 17.7. The third kappa shape index (κ3) is 3.67. The van der Waals surface area contributed by atoms with Crippen LogP contribution in [0.5, 0.6) is 0 Å². The van der Waals surface area contributed by atoms with Gasteiger partial charge in [-0.05, 0) is 43.7 Å². The molecular weight excluding hydrogens is 280 g/mol. The van der Waals surface area contributed by atoms with E-state index in [9.17, 15) is 9.59 Å². The number of carbonyl (C=O) groups is 2. The molecular formula is C17H22N2O3. The number of ether oxygens (including phenoxy) is 1. The fourth-order valence-corrected chi connectivity index (χ4v) is 2.60. The van der Waals surface area contributed by atoms with Crippen LogP contribution < -0.4 is 5.73 Å². The molecule has 5 nitrogen and oxygen atoms in total. The lowest BCUT2D eigenvalue weighted by atomic mass is 9.86. The molecule has 2 N–H and O–H groups in total. The molecule has 1 aliphatic carbocycles. The lowest BCUT2D eigenvalue weighted by Gasteiger charge is -2.22. The van der Waals surface area contributed by atoms with E-state index in [0.29, 0.717) is 23.8 Å². The van der Waals surface area contributed by atoms with E-state index in [4.69, 9.17) is 10.5 Å². The molecule has 0 unspecified atom stereocenters. The van der Waals surface area contributed by atoms with Crippen LogP contribution in [-0.2, 0) is 11.8 Å². The highest BCUT2D eigenvalue weighted by Gasteiger charge is 2.18. The van der Waals surface area contributed by atoms with Crippen LogP contribution in [0.3, 0.4) is 0 Å². The summed E-state index contributed by atoms with van der Waals surface area (Å²) in [5.41, 5.74) is 8.17. The van der Waals surface area contributed by atoms with Gasteiger partial charge in [-0.1, -0.05) is 18.2 Å². The first-order valence-electron chi connectivity index (χ1n) is 7.35. The van der Waals surface area contributed by atoms with E-state index in [0.717, 1.165) is 24.8 Å². The summed E-state index contributed by atoms with van der Waals surface area (Å²) < 4.78 is 6.88. The van der Waals surface area contributed by atoms with Gasteiger partial charge in [0.25, 0.3) is 0 Å². The number of amides is 1. The molecule has 5 heteroatoms. The molecule has 0 aliphatic heterocycles. The zero-order valence-corrected chi connectivity index (χ0v) is 13.1. The molecule has 1 amide bonds. The molecule has 0 saturated heterocycles. The highest BCUT2D eigenvalue weighted by atomic mass is 16.5. The topological polar surface area (TPSA) is 74.3 Å². The Hall–Kier alpha value is -2.30. The maximum atomic E-state index is 12.1. The zero-order valence-electron chi connectivity index (χ0n) is 13.1. The summed E-state index contributed by atoms with van der Waals surface area (Å²) in [5.74, 6) is -0.473. The SMILES string of the molecule is C=C(C)[C@H]1CC=C(COC(=O)c2cc(C(N)=O)cn2C)CC1. The van der Waals surface area contributed by atoms with Crippen molar-refractivity contribution in [3.8, 4) is 0 Å². The first-order valence-corrected chi connectivity index (χ1v) is 7.35. The van der Waals surface area contributed by atoms with Crippen molar-refractivity contribution in [2.75, 3.05) is 6.61 Å². The molecule has 0 bridgehead atoms. The van der Waals surface area contributed by atoms with Gasteiger partial charge in [0.15, 0.2) is 0 Å². The number of aryl methyl sites for hydroxylation is 1. The third-order valence-corrected chi connectivity index (χ3v) is 4.09. The fourth-order valence-electron chi connectivity index (χ4n) is 2.60. The van der Waals surface area contributed by atoms with Gasteiger partial charge in [-0.2, -0.15) is 0 Å². The second kappa shape index (κ2) is 6.64. The molecule has 1 atom stereocenters. The smallest absolute Gasteiger partial charge is 0.355 e. The molecule has 0 aromatic carbocycles. The number of nitrogens with two attached hydrogens (primary N) is 1. The molecule has 0 saturated carbocycles. The van der Waals surface area contributed by atoms with Crippen molar-refractivity contribution in [3.05, 3.63) is 47.3 Å². The van der Waals surface area contributed by atoms with Gasteiger partial charge in [0.1, 0.15) is 12.3 Å². The van der Waals surface area contributed by atoms with E-state index in [1.165, 1.54) is 17.8 Å². The van der Waals surface area contributed by atoms with E-state index in [1.807, 2.05) is 0 Å². The average Bonchev–Trinajstić information content (AvgIpc) is 2.87. The quantitative estimate of drug-likeness (QED) is 0.671. The van der Waals surface area contributed by atoms with E-state index in [1.54, 1.807) is 11.6 Å². The van der Waals surface area contributed by atoms with Gasteiger partial charge in [0.05, 0.1) is 5.56 Å². The summed E-state index contributed by atoms with van der Waals surface area (Å²) in [6.07, 6.45) is 6.59. The Morgan fingerprint density at radius 1 is 1.50 bits per heavy atom. The number of hydrogen-bond donors (Lipinski definition) is 1. The van der Waals surface area contributed by atoms with Crippen molar-refractivity contribution in [3.63, 3.8) is 0 Å². The van der Waals surface area contributed by atoms with Crippen LogP contribution in [0.1, 0.15) is 47.0 Å². The van der Waals surface area contributed by atoms with Crippen molar-refractivity contribution in [1.29, 1.82) is 0 Å². The molecule has 118 valence electrons. The van der Waals surface area contributed by atoms with Crippen molar-refractivity contribution in [1.82, 2.24) is 4.57 Å². The first-order chi connectivity index (χ1) is 10.4. The Balaban J connectivity index is 1.94. The van der Waals surface area contributed by atoms with Crippen molar-refractivity contribution < 1.29 is 14.3 Å². The van der Waals surface area contributed by atoms with Gasteiger partial charge in [0, 0.05) is 13.2 Å². The highest BCUT2D eigenvalue weighted by molar-refractivity contribution is 5.96. The Labute approximate surface area is 130 Å². The predicted molar refractivity (Wildman–Crippen MR) is 84.5 cm³/mol. The molecule has 2 rings (SSSR count). The van der Waals surface area contributed by atoms with Crippen molar-refractivity contribution in [2.45, 2.75) is 26.2 Å². The van der Waals surface area contributed by atoms with Crippen molar-refractivity contribution >= 4 is 11.9 Å². The van der Waals surface area contributed by atoms with Gasteiger partial charge in [0.2, 0.25) is 5.91 Å². The number of carbonyl (C=O) groups excluding carboxylic acids is 2. The Bertz CT molecular complexity index is 640. The van der Waals surface area contributed by atoms with Gasteiger partial charge in [-0.25, -0.2) is 4.79 Å². The molecule has 1 aromatic rings. The molecule has 22 heavy (non-hydrogen) atoms. The first kappa shape index (κ1) is 16.1. The molecule has 0 spiro atoms. The van der Waals surface area contributed by atoms with Crippen LogP contribution in [0, 0.1) is 5.92 Å². The molecule has 1 aromatic heterocycles. The number of primary amides is 1. The summed E-state index contributed by atoms with van der Waals surface area (Å²) in [6, 6.07) is 1.46. The van der Waals surface area contributed by atoms with Crippen molar-refractivity contribution in [2.24, 2.45) is 18.7 Å². The minimum atomic E-state index is -0.560. The molecule has 1 aliphatic rings. The monoisotopic (exact) mass is 302 g/mol. The second-order valence-electron chi connectivity index (χ2n) is 5.85. The Morgan fingerprint density at radius 2 is 2.23 bits per heavy atom. The van der Waals surface area contributed by atoms with Crippen LogP contribution in [0.2, 0.25) is 0 Å². The number of allylic oxidation sites excluding steroid dienone is 2.